The van der Waals surface area contributed by atoms with Crippen LogP contribution in [0.2, 0.25) is 0 Å². The van der Waals surface area contributed by atoms with E-state index >= 15 is 0 Å². The Morgan fingerprint density at radius 2 is 1.67 bits per heavy atom. The van der Waals surface area contributed by atoms with Gasteiger partial charge in [0.1, 0.15) is 0 Å². The van der Waals surface area contributed by atoms with E-state index in [-0.39, 0.29) is 5.69 Å². The summed E-state index contributed by atoms with van der Waals surface area (Å²) in [5.74, 6) is 0. The summed E-state index contributed by atoms with van der Waals surface area (Å²) in [6.07, 6.45) is 0. The Hall–Kier alpha value is -2.65. The van der Waals surface area contributed by atoms with Gasteiger partial charge < -0.3 is 0 Å². The van der Waals surface area contributed by atoms with E-state index in [1.807, 2.05) is 0 Å². The number of hydrogen-bond acceptors (Lipinski definition) is 6. The molecule has 21 heavy (non-hydrogen) atoms. The van der Waals surface area contributed by atoms with Crippen LogP contribution in [-0.2, 0) is 10.1 Å². The molecule has 0 fully saturated rings. The molecule has 0 aromatic heterocycles. The van der Waals surface area contributed by atoms with Gasteiger partial charge in [-0.2, -0.15) is 13.5 Å². The Morgan fingerprint density at radius 3 is 2.24 bits per heavy atom. The van der Waals surface area contributed by atoms with E-state index < -0.39 is 25.6 Å². The molecule has 0 saturated carbocycles. The van der Waals surface area contributed by atoms with E-state index in [9.17, 15) is 18.5 Å². The van der Waals surface area contributed by atoms with Crippen LogP contribution in [0.5, 0.6) is 0 Å². The summed E-state index contributed by atoms with van der Waals surface area (Å²) in [5.41, 5.74) is -0.636. The lowest BCUT2D eigenvalue weighted by atomic mass is 10.3. The molecule has 108 valence electrons. The molecular formula is C12H9N3O5S. The Bertz CT molecular complexity index is 803. The first-order valence-electron chi connectivity index (χ1n) is 5.61. The summed E-state index contributed by atoms with van der Waals surface area (Å²) < 4.78 is 31.4. The standard InChI is InChI=1S/C12H9N3O5S/c16-15(17)12-10(7-4-8-11(12)21(18,19)20)14-13-9-5-2-1-3-6-9/h1-8H,(H,18,19,20). The van der Waals surface area contributed by atoms with E-state index in [1.54, 1.807) is 30.3 Å². The molecule has 0 unspecified atom stereocenters. The Labute approximate surface area is 119 Å². The van der Waals surface area contributed by atoms with Gasteiger partial charge in [-0.3, -0.25) is 14.7 Å². The van der Waals surface area contributed by atoms with Crippen molar-refractivity contribution >= 4 is 27.2 Å². The highest BCUT2D eigenvalue weighted by atomic mass is 32.2. The maximum atomic E-state index is 11.2. The van der Waals surface area contributed by atoms with Crippen molar-refractivity contribution in [3.8, 4) is 0 Å². The topological polar surface area (TPSA) is 122 Å². The van der Waals surface area contributed by atoms with Crippen molar-refractivity contribution in [2.24, 2.45) is 10.2 Å². The van der Waals surface area contributed by atoms with Crippen molar-refractivity contribution in [1.29, 1.82) is 0 Å². The second-order valence-corrected chi connectivity index (χ2v) is 5.28. The number of benzene rings is 2. The molecule has 0 spiro atoms. The summed E-state index contributed by atoms with van der Waals surface area (Å²) in [4.78, 5) is 9.28. The largest absolute Gasteiger partial charge is 0.317 e. The van der Waals surface area contributed by atoms with Crippen molar-refractivity contribution in [2.75, 3.05) is 0 Å². The smallest absolute Gasteiger partial charge is 0.282 e. The van der Waals surface area contributed by atoms with Crippen molar-refractivity contribution in [3.05, 3.63) is 58.6 Å². The van der Waals surface area contributed by atoms with Gasteiger partial charge in [0.15, 0.2) is 10.6 Å². The van der Waals surface area contributed by atoms with Crippen LogP contribution in [-0.4, -0.2) is 17.9 Å². The van der Waals surface area contributed by atoms with Crippen LogP contribution in [0.15, 0.2) is 63.7 Å². The first-order valence-corrected chi connectivity index (χ1v) is 7.05. The van der Waals surface area contributed by atoms with Gasteiger partial charge in [-0.15, -0.1) is 5.11 Å². The molecule has 0 radical (unpaired) electrons. The number of nitro benzene ring substituents is 1. The second kappa shape index (κ2) is 5.77. The van der Waals surface area contributed by atoms with E-state index in [2.05, 4.69) is 10.2 Å². The first-order chi connectivity index (χ1) is 9.89. The molecule has 0 atom stereocenters. The third kappa shape index (κ3) is 3.46. The van der Waals surface area contributed by atoms with E-state index in [0.29, 0.717) is 5.69 Å². The van der Waals surface area contributed by atoms with Crippen molar-refractivity contribution in [2.45, 2.75) is 4.90 Å². The lowest BCUT2D eigenvalue weighted by molar-refractivity contribution is -0.387. The fraction of sp³-hybridized carbons (Fsp3) is 0. The summed E-state index contributed by atoms with van der Waals surface area (Å²) in [6, 6.07) is 11.8. The molecule has 0 heterocycles. The number of rotatable bonds is 4. The highest BCUT2D eigenvalue weighted by Gasteiger charge is 2.27. The maximum Gasteiger partial charge on any atom is 0.317 e. The average Bonchev–Trinajstić information content (AvgIpc) is 2.44. The molecule has 2 aromatic rings. The van der Waals surface area contributed by atoms with Crippen LogP contribution in [0.3, 0.4) is 0 Å². The van der Waals surface area contributed by atoms with Gasteiger partial charge in [0.2, 0.25) is 0 Å². The van der Waals surface area contributed by atoms with Gasteiger partial charge >= 0.3 is 15.8 Å². The first kappa shape index (κ1) is 14.8. The van der Waals surface area contributed by atoms with Crippen molar-refractivity contribution < 1.29 is 17.9 Å². The number of nitrogens with zero attached hydrogens (tertiary/aromatic N) is 3. The predicted molar refractivity (Wildman–Crippen MR) is 73.5 cm³/mol. The average molecular weight is 307 g/mol. The molecule has 0 aliphatic heterocycles. The van der Waals surface area contributed by atoms with Crippen LogP contribution in [0.1, 0.15) is 0 Å². The lowest BCUT2D eigenvalue weighted by Gasteiger charge is -2.01. The van der Waals surface area contributed by atoms with Gasteiger partial charge in [-0.1, -0.05) is 24.3 Å². The number of nitro groups is 1. The van der Waals surface area contributed by atoms with Crippen LogP contribution in [0, 0.1) is 10.1 Å². The molecule has 9 heteroatoms. The Balaban J connectivity index is 2.55. The van der Waals surface area contributed by atoms with Crippen LogP contribution < -0.4 is 0 Å². The van der Waals surface area contributed by atoms with Crippen molar-refractivity contribution in [3.63, 3.8) is 0 Å². The fourth-order valence-corrected chi connectivity index (χ4v) is 2.26. The van der Waals surface area contributed by atoms with Crippen LogP contribution in [0.4, 0.5) is 17.1 Å². The van der Waals surface area contributed by atoms with E-state index in [0.717, 1.165) is 6.07 Å². The van der Waals surface area contributed by atoms with Gasteiger partial charge in [-0.25, -0.2) is 0 Å². The lowest BCUT2D eigenvalue weighted by Crippen LogP contribution is -2.03. The Kier molecular flexibility index (Phi) is 4.05. The van der Waals surface area contributed by atoms with Gasteiger partial charge in [0.25, 0.3) is 0 Å². The highest BCUT2D eigenvalue weighted by molar-refractivity contribution is 7.86. The van der Waals surface area contributed by atoms with E-state index in [4.69, 9.17) is 4.55 Å². The molecule has 0 saturated heterocycles. The second-order valence-electron chi connectivity index (χ2n) is 3.89. The highest BCUT2D eigenvalue weighted by Crippen LogP contribution is 2.34. The summed E-state index contributed by atoms with van der Waals surface area (Å²) in [5, 5.41) is 18.5. The summed E-state index contributed by atoms with van der Waals surface area (Å²) >= 11 is 0. The van der Waals surface area contributed by atoms with Gasteiger partial charge in [0, 0.05) is 0 Å². The monoisotopic (exact) mass is 307 g/mol. The number of azo groups is 1. The van der Waals surface area contributed by atoms with Gasteiger partial charge in [0.05, 0.1) is 10.6 Å². The zero-order chi connectivity index (χ0) is 15.5. The summed E-state index contributed by atoms with van der Waals surface area (Å²) in [6.45, 7) is 0. The van der Waals surface area contributed by atoms with Gasteiger partial charge in [-0.05, 0) is 24.3 Å². The zero-order valence-electron chi connectivity index (χ0n) is 10.4. The predicted octanol–water partition coefficient (Wildman–Crippen LogP) is 3.26. The molecule has 1 N–H and O–H groups in total. The molecule has 8 nitrogen and oxygen atoms in total. The normalized spacial score (nSPS) is 11.7. The summed E-state index contributed by atoms with van der Waals surface area (Å²) in [7, 11) is -4.73. The minimum Gasteiger partial charge on any atom is -0.282 e. The third-order valence-corrected chi connectivity index (χ3v) is 3.35. The third-order valence-electron chi connectivity index (χ3n) is 2.47. The quantitative estimate of drug-likeness (QED) is 0.402. The van der Waals surface area contributed by atoms with E-state index in [1.165, 1.54) is 12.1 Å². The fourth-order valence-electron chi connectivity index (χ4n) is 1.59. The Morgan fingerprint density at radius 1 is 1.00 bits per heavy atom. The number of hydrogen-bond donors (Lipinski definition) is 1. The molecule has 2 aromatic carbocycles. The maximum absolute atomic E-state index is 11.2. The van der Waals surface area contributed by atoms with Crippen LogP contribution >= 0.6 is 0 Å². The molecule has 0 amide bonds. The SMILES string of the molecule is O=[N+]([O-])c1c(N=Nc2ccccc2)cccc1S(=O)(=O)O. The molecule has 2 rings (SSSR count). The minimum absolute atomic E-state index is 0.265. The molecular weight excluding hydrogens is 298 g/mol. The van der Waals surface area contributed by atoms with Crippen molar-refractivity contribution in [1.82, 2.24) is 0 Å². The van der Waals surface area contributed by atoms with Crippen LogP contribution in [0.25, 0.3) is 0 Å². The number of para-hydroxylation sites is 1. The zero-order valence-corrected chi connectivity index (χ0v) is 11.3. The molecule has 0 aliphatic rings. The molecule has 0 bridgehead atoms. The molecule has 0 aliphatic carbocycles. The minimum atomic E-state index is -4.73.